The van der Waals surface area contributed by atoms with E-state index in [1.807, 2.05) is 24.4 Å². The Labute approximate surface area is 96.1 Å². The lowest BCUT2D eigenvalue weighted by Crippen LogP contribution is -2.04. The van der Waals surface area contributed by atoms with Crippen LogP contribution in [-0.2, 0) is 0 Å². The molecule has 1 N–H and O–H groups in total. The first kappa shape index (κ1) is 9.09. The van der Waals surface area contributed by atoms with E-state index < -0.39 is 0 Å². The van der Waals surface area contributed by atoms with E-state index in [0.717, 1.165) is 21.3 Å². The van der Waals surface area contributed by atoms with Gasteiger partial charge in [0.2, 0.25) is 5.95 Å². The molecule has 0 atom stereocenters. The molecule has 1 fully saturated rings. The third-order valence-electron chi connectivity index (χ3n) is 2.45. The molecule has 3 rings (SSSR count). The van der Waals surface area contributed by atoms with E-state index in [4.69, 9.17) is 0 Å². The molecule has 0 unspecified atom stereocenters. The highest BCUT2D eigenvalue weighted by Crippen LogP contribution is 2.24. The Morgan fingerprint density at radius 3 is 3.00 bits per heavy atom. The Morgan fingerprint density at radius 2 is 2.20 bits per heavy atom. The summed E-state index contributed by atoms with van der Waals surface area (Å²) in [6.07, 6.45) is 4.33. The molecule has 0 aliphatic heterocycles. The molecule has 0 saturated heterocycles. The van der Waals surface area contributed by atoms with E-state index in [1.165, 1.54) is 12.8 Å². The van der Waals surface area contributed by atoms with Gasteiger partial charge >= 0.3 is 0 Å². The molecule has 76 valence electrons. The van der Waals surface area contributed by atoms with E-state index in [0.29, 0.717) is 6.04 Å². The minimum atomic E-state index is 0.595. The molecule has 1 aliphatic rings. The summed E-state index contributed by atoms with van der Waals surface area (Å²) >= 11 is 3.43. The van der Waals surface area contributed by atoms with Crippen LogP contribution in [0.1, 0.15) is 12.8 Å². The van der Waals surface area contributed by atoms with Gasteiger partial charge in [-0.15, -0.1) is 0 Å². The van der Waals surface area contributed by atoms with Gasteiger partial charge in [0, 0.05) is 22.1 Å². The summed E-state index contributed by atoms with van der Waals surface area (Å²) < 4.78 is 1.06. The summed E-state index contributed by atoms with van der Waals surface area (Å²) in [6.45, 7) is 0. The normalized spacial score (nSPS) is 15.5. The van der Waals surface area contributed by atoms with Gasteiger partial charge in [0.1, 0.15) is 0 Å². The van der Waals surface area contributed by atoms with Crippen molar-refractivity contribution in [3.05, 3.63) is 28.9 Å². The molecule has 3 nitrogen and oxygen atoms in total. The van der Waals surface area contributed by atoms with Crippen molar-refractivity contribution >= 4 is 32.8 Å². The highest BCUT2D eigenvalue weighted by molar-refractivity contribution is 9.10. The minimum absolute atomic E-state index is 0.595. The molecule has 2 aromatic rings. The quantitative estimate of drug-likeness (QED) is 0.906. The predicted octanol–water partition coefficient (Wildman–Crippen LogP) is 2.97. The lowest BCUT2D eigenvalue weighted by molar-refractivity contribution is 1.07. The van der Waals surface area contributed by atoms with E-state index in [1.54, 1.807) is 0 Å². The number of anilines is 1. The average Bonchev–Trinajstić information content (AvgIpc) is 3.02. The molecule has 1 aromatic heterocycles. The first-order valence-electron chi connectivity index (χ1n) is 5.00. The van der Waals surface area contributed by atoms with Crippen LogP contribution in [0.3, 0.4) is 0 Å². The molecule has 0 radical (unpaired) electrons. The van der Waals surface area contributed by atoms with Crippen LogP contribution in [0.25, 0.3) is 10.9 Å². The van der Waals surface area contributed by atoms with E-state index in [9.17, 15) is 0 Å². The second-order valence-electron chi connectivity index (χ2n) is 3.82. The molecular formula is C11H10BrN3. The van der Waals surface area contributed by atoms with Crippen LogP contribution in [0.2, 0.25) is 0 Å². The van der Waals surface area contributed by atoms with Crippen molar-refractivity contribution in [2.45, 2.75) is 18.9 Å². The summed E-state index contributed by atoms with van der Waals surface area (Å²) in [5, 5.41) is 4.35. The fraction of sp³-hybridized carbons (Fsp3) is 0.273. The van der Waals surface area contributed by atoms with Gasteiger partial charge in [-0.25, -0.2) is 9.97 Å². The number of nitrogens with one attached hydrogen (secondary N) is 1. The van der Waals surface area contributed by atoms with Crippen LogP contribution < -0.4 is 5.32 Å². The van der Waals surface area contributed by atoms with Crippen LogP contribution >= 0.6 is 15.9 Å². The Morgan fingerprint density at radius 1 is 1.33 bits per heavy atom. The molecule has 1 heterocycles. The molecule has 15 heavy (non-hydrogen) atoms. The maximum Gasteiger partial charge on any atom is 0.223 e. The lowest BCUT2D eigenvalue weighted by Gasteiger charge is -2.03. The van der Waals surface area contributed by atoms with Crippen molar-refractivity contribution < 1.29 is 0 Å². The maximum absolute atomic E-state index is 4.45. The van der Waals surface area contributed by atoms with Gasteiger partial charge in [0.05, 0.1) is 5.52 Å². The first-order valence-corrected chi connectivity index (χ1v) is 5.79. The van der Waals surface area contributed by atoms with Crippen molar-refractivity contribution in [3.8, 4) is 0 Å². The van der Waals surface area contributed by atoms with Crippen molar-refractivity contribution in [2.24, 2.45) is 0 Å². The van der Waals surface area contributed by atoms with Crippen molar-refractivity contribution in [3.63, 3.8) is 0 Å². The number of aromatic nitrogens is 2. The number of fused-ring (bicyclic) bond motifs is 1. The van der Waals surface area contributed by atoms with Crippen molar-refractivity contribution in [1.29, 1.82) is 0 Å². The molecule has 1 saturated carbocycles. The number of hydrogen-bond acceptors (Lipinski definition) is 3. The highest BCUT2D eigenvalue weighted by Gasteiger charge is 2.21. The third kappa shape index (κ3) is 1.95. The summed E-state index contributed by atoms with van der Waals surface area (Å²) in [5.74, 6) is 0.743. The number of halogens is 1. The largest absolute Gasteiger partial charge is 0.351 e. The highest BCUT2D eigenvalue weighted by atomic mass is 79.9. The van der Waals surface area contributed by atoms with Crippen LogP contribution in [0.5, 0.6) is 0 Å². The molecule has 0 spiro atoms. The van der Waals surface area contributed by atoms with E-state index in [-0.39, 0.29) is 0 Å². The standard InChI is InChI=1S/C11H10BrN3/c12-8-1-4-10-7(5-8)6-13-11(15-10)14-9-2-3-9/h1,4-6,9H,2-3H2,(H,13,14,15). The van der Waals surface area contributed by atoms with Crippen LogP contribution in [0, 0.1) is 0 Å². The minimum Gasteiger partial charge on any atom is -0.351 e. The monoisotopic (exact) mass is 263 g/mol. The fourth-order valence-electron chi connectivity index (χ4n) is 1.48. The van der Waals surface area contributed by atoms with Gasteiger partial charge in [-0.2, -0.15) is 0 Å². The zero-order valence-corrected chi connectivity index (χ0v) is 9.66. The number of hydrogen-bond donors (Lipinski definition) is 1. The second-order valence-corrected chi connectivity index (χ2v) is 4.73. The number of nitrogens with zero attached hydrogens (tertiary/aromatic N) is 2. The number of benzene rings is 1. The molecule has 4 heteroatoms. The van der Waals surface area contributed by atoms with E-state index in [2.05, 4.69) is 31.2 Å². The Bertz CT molecular complexity index is 508. The summed E-state index contributed by atoms with van der Waals surface area (Å²) in [7, 11) is 0. The number of rotatable bonds is 2. The zero-order chi connectivity index (χ0) is 10.3. The lowest BCUT2D eigenvalue weighted by atomic mass is 10.2. The van der Waals surface area contributed by atoms with Gasteiger partial charge in [-0.3, -0.25) is 0 Å². The molecule has 1 aromatic carbocycles. The van der Waals surface area contributed by atoms with Crippen molar-refractivity contribution in [2.75, 3.05) is 5.32 Å². The zero-order valence-electron chi connectivity index (χ0n) is 8.07. The molecular weight excluding hydrogens is 254 g/mol. The SMILES string of the molecule is Brc1ccc2nc(NC3CC3)ncc2c1. The average molecular weight is 264 g/mol. The molecule has 1 aliphatic carbocycles. The van der Waals surface area contributed by atoms with Gasteiger partial charge in [-0.1, -0.05) is 15.9 Å². The first-order chi connectivity index (χ1) is 7.31. The van der Waals surface area contributed by atoms with Gasteiger partial charge < -0.3 is 5.32 Å². The van der Waals surface area contributed by atoms with Gasteiger partial charge in [0.15, 0.2) is 0 Å². The van der Waals surface area contributed by atoms with Crippen LogP contribution in [0.15, 0.2) is 28.9 Å². The Balaban J connectivity index is 2.01. The Kier molecular flexibility index (Phi) is 2.09. The summed E-state index contributed by atoms with van der Waals surface area (Å²) in [6, 6.07) is 6.61. The van der Waals surface area contributed by atoms with Crippen LogP contribution in [-0.4, -0.2) is 16.0 Å². The van der Waals surface area contributed by atoms with Gasteiger partial charge in [-0.05, 0) is 31.0 Å². The summed E-state index contributed by atoms with van der Waals surface area (Å²) in [5.41, 5.74) is 0.983. The smallest absolute Gasteiger partial charge is 0.223 e. The molecule has 0 bridgehead atoms. The van der Waals surface area contributed by atoms with Gasteiger partial charge in [0.25, 0.3) is 0 Å². The van der Waals surface area contributed by atoms with E-state index >= 15 is 0 Å². The fourth-order valence-corrected chi connectivity index (χ4v) is 1.86. The Hall–Kier alpha value is -1.16. The van der Waals surface area contributed by atoms with Crippen molar-refractivity contribution in [1.82, 2.24) is 9.97 Å². The summed E-state index contributed by atoms with van der Waals surface area (Å²) in [4.78, 5) is 8.74. The van der Waals surface area contributed by atoms with Crippen LogP contribution in [0.4, 0.5) is 5.95 Å². The third-order valence-corrected chi connectivity index (χ3v) is 2.95. The maximum atomic E-state index is 4.45. The predicted molar refractivity (Wildman–Crippen MR) is 63.9 cm³/mol. The molecule has 0 amide bonds. The topological polar surface area (TPSA) is 37.8 Å². The second kappa shape index (κ2) is 3.45.